The molecule has 0 saturated carbocycles. The number of nitrogens with zero attached hydrogens (tertiary/aromatic N) is 1. The molecule has 0 bridgehead atoms. The van der Waals surface area contributed by atoms with Crippen molar-refractivity contribution in [2.24, 2.45) is 0 Å². The number of likely N-dealkylation sites (N-methyl/N-ethyl adjacent to an activating group) is 1. The third kappa shape index (κ3) is 6.20. The van der Waals surface area contributed by atoms with Crippen molar-refractivity contribution in [3.63, 3.8) is 0 Å². The number of hydrogen-bond donors (Lipinski definition) is 0. The van der Waals surface area contributed by atoms with Gasteiger partial charge in [0.25, 0.3) is 0 Å². The molecule has 1 rings (SSSR count). The number of halogens is 1. The van der Waals surface area contributed by atoms with E-state index in [2.05, 4.69) is 6.58 Å². The van der Waals surface area contributed by atoms with Crippen molar-refractivity contribution in [1.82, 2.24) is 4.90 Å². The number of aldehydes is 1. The van der Waals surface area contributed by atoms with Crippen LogP contribution in [-0.2, 0) is 22.7 Å². The van der Waals surface area contributed by atoms with Crippen molar-refractivity contribution in [2.75, 3.05) is 7.05 Å². The Bertz CT molecular complexity index is 576. The summed E-state index contributed by atoms with van der Waals surface area (Å²) in [4.78, 5) is 12.7. The fourth-order valence-electron chi connectivity index (χ4n) is 1.88. The highest BCUT2D eigenvalue weighted by Crippen LogP contribution is 2.16. The van der Waals surface area contributed by atoms with Crippen LogP contribution in [0.5, 0.6) is 0 Å². The molecule has 0 spiro atoms. The second-order valence-electron chi connectivity index (χ2n) is 5.30. The predicted octanol–water partition coefficient (Wildman–Crippen LogP) is 4.17. The number of allylic oxidation sites excluding steroid dienone is 4. The van der Waals surface area contributed by atoms with E-state index in [0.29, 0.717) is 6.54 Å². The van der Waals surface area contributed by atoms with Crippen LogP contribution < -0.4 is 0 Å². The maximum absolute atomic E-state index is 13.6. The number of benzene rings is 1. The summed E-state index contributed by atoms with van der Waals surface area (Å²) < 4.78 is 19.1. The van der Waals surface area contributed by atoms with Gasteiger partial charge in [-0.15, -0.1) is 0 Å². The first-order chi connectivity index (χ1) is 11.0. The fraction of sp³-hybridized carbons (Fsp3) is 0.316. The third-order valence-corrected chi connectivity index (χ3v) is 3.50. The minimum atomic E-state index is -0.411. The molecule has 0 amide bonds. The number of carbonyl (C=O) groups is 1. The smallest absolute Gasteiger partial charge is 0.160 e. The van der Waals surface area contributed by atoms with Crippen LogP contribution in [0.25, 0.3) is 0 Å². The number of rotatable bonds is 9. The second-order valence-corrected chi connectivity index (χ2v) is 5.30. The molecule has 0 aromatic heterocycles. The van der Waals surface area contributed by atoms with Crippen molar-refractivity contribution in [3.05, 3.63) is 71.8 Å². The van der Waals surface area contributed by atoms with E-state index in [0.717, 1.165) is 17.4 Å². The van der Waals surface area contributed by atoms with Crippen LogP contribution >= 0.6 is 0 Å². The van der Waals surface area contributed by atoms with E-state index < -0.39 is 5.83 Å². The molecule has 1 aromatic carbocycles. The highest BCUT2D eigenvalue weighted by molar-refractivity contribution is 5.56. The predicted molar refractivity (Wildman–Crippen MR) is 91.4 cm³/mol. The molecule has 3 nitrogen and oxygen atoms in total. The van der Waals surface area contributed by atoms with Crippen LogP contribution in [0.15, 0.2) is 60.7 Å². The molecule has 0 aliphatic rings. The lowest BCUT2D eigenvalue weighted by atomic mass is 10.1. The lowest BCUT2D eigenvalue weighted by Crippen LogP contribution is -2.29. The molecule has 0 aliphatic heterocycles. The summed E-state index contributed by atoms with van der Waals surface area (Å²) in [5, 5.41) is 0. The average Bonchev–Trinajstić information content (AvgIpc) is 2.58. The van der Waals surface area contributed by atoms with Crippen LogP contribution in [0.2, 0.25) is 0 Å². The highest BCUT2D eigenvalue weighted by Gasteiger charge is 2.08. The van der Waals surface area contributed by atoms with Gasteiger partial charge in [-0.25, -0.2) is 4.39 Å². The van der Waals surface area contributed by atoms with E-state index >= 15 is 0 Å². The van der Waals surface area contributed by atoms with Crippen LogP contribution in [-0.4, -0.2) is 24.3 Å². The van der Waals surface area contributed by atoms with E-state index in [1.165, 1.54) is 18.2 Å². The first kappa shape index (κ1) is 18.8. The van der Waals surface area contributed by atoms with Gasteiger partial charge in [-0.1, -0.05) is 36.9 Å². The van der Waals surface area contributed by atoms with Crippen LogP contribution in [0, 0.1) is 0 Å². The normalized spacial score (nSPS) is 13.8. The Morgan fingerprint density at radius 1 is 1.35 bits per heavy atom. The summed E-state index contributed by atoms with van der Waals surface area (Å²) in [6.07, 6.45) is 5.26. The Morgan fingerprint density at radius 2 is 1.96 bits per heavy atom. The first-order valence-electron chi connectivity index (χ1n) is 7.52. The highest BCUT2D eigenvalue weighted by atomic mass is 19.1. The summed E-state index contributed by atoms with van der Waals surface area (Å²) >= 11 is 0. The molecule has 0 saturated heterocycles. The molecule has 23 heavy (non-hydrogen) atoms. The Kier molecular flexibility index (Phi) is 7.98. The SMILES string of the molecule is C=C/C=C(OCc1ccc(CN(C)C(C)C=O)cc1)\C(F)=C/C. The monoisotopic (exact) mass is 317 g/mol. The van der Waals surface area contributed by atoms with Gasteiger partial charge in [0.2, 0.25) is 0 Å². The van der Waals surface area contributed by atoms with Gasteiger partial charge in [0.05, 0.1) is 6.04 Å². The zero-order valence-corrected chi connectivity index (χ0v) is 14.0. The third-order valence-electron chi connectivity index (χ3n) is 3.50. The van der Waals surface area contributed by atoms with Gasteiger partial charge in [0.1, 0.15) is 12.9 Å². The van der Waals surface area contributed by atoms with Crippen LogP contribution in [0.1, 0.15) is 25.0 Å². The maximum atomic E-state index is 13.6. The summed E-state index contributed by atoms with van der Waals surface area (Å²) in [6.45, 7) is 7.99. The largest absolute Gasteiger partial charge is 0.486 e. The van der Waals surface area contributed by atoms with Crippen LogP contribution in [0.4, 0.5) is 4.39 Å². The first-order valence-corrected chi connectivity index (χ1v) is 7.52. The summed E-state index contributed by atoms with van der Waals surface area (Å²) in [5.41, 5.74) is 2.05. The Morgan fingerprint density at radius 3 is 2.48 bits per heavy atom. The van der Waals surface area contributed by atoms with Crippen molar-refractivity contribution < 1.29 is 13.9 Å². The summed E-state index contributed by atoms with van der Waals surface area (Å²) in [6, 6.07) is 7.72. The molecule has 0 radical (unpaired) electrons. The van der Waals surface area contributed by atoms with Gasteiger partial charge in [0, 0.05) is 6.54 Å². The van der Waals surface area contributed by atoms with E-state index in [9.17, 15) is 9.18 Å². The molecule has 0 heterocycles. The minimum absolute atomic E-state index is 0.117. The van der Waals surface area contributed by atoms with Crippen molar-refractivity contribution in [3.8, 4) is 0 Å². The lowest BCUT2D eigenvalue weighted by Gasteiger charge is -2.20. The molecule has 1 aromatic rings. The fourth-order valence-corrected chi connectivity index (χ4v) is 1.88. The van der Waals surface area contributed by atoms with Crippen molar-refractivity contribution >= 4 is 6.29 Å². The quantitative estimate of drug-likeness (QED) is 0.389. The lowest BCUT2D eigenvalue weighted by molar-refractivity contribution is -0.111. The van der Waals surface area contributed by atoms with Gasteiger partial charge in [-0.2, -0.15) is 0 Å². The summed E-state index contributed by atoms with van der Waals surface area (Å²) in [7, 11) is 1.91. The molecule has 1 atom stereocenters. The number of ether oxygens (including phenoxy) is 1. The minimum Gasteiger partial charge on any atom is -0.486 e. The van der Waals surface area contributed by atoms with Crippen molar-refractivity contribution in [1.29, 1.82) is 0 Å². The topological polar surface area (TPSA) is 29.5 Å². The number of carbonyl (C=O) groups excluding carboxylic acids is 1. The van der Waals surface area contributed by atoms with Gasteiger partial charge in [-0.3, -0.25) is 4.90 Å². The average molecular weight is 317 g/mol. The second kappa shape index (κ2) is 9.74. The maximum Gasteiger partial charge on any atom is 0.160 e. The van der Waals surface area contributed by atoms with Gasteiger partial charge < -0.3 is 9.53 Å². The molecule has 0 N–H and O–H groups in total. The molecular formula is C19H24FNO2. The van der Waals surface area contributed by atoms with E-state index in [4.69, 9.17) is 4.74 Å². The Labute approximate surface area is 137 Å². The molecular weight excluding hydrogens is 293 g/mol. The summed E-state index contributed by atoms with van der Waals surface area (Å²) in [5.74, 6) is -0.239. The van der Waals surface area contributed by atoms with Gasteiger partial charge in [-0.05, 0) is 44.2 Å². The molecule has 1 unspecified atom stereocenters. The van der Waals surface area contributed by atoms with Crippen molar-refractivity contribution in [2.45, 2.75) is 33.0 Å². The van der Waals surface area contributed by atoms with E-state index in [-0.39, 0.29) is 18.4 Å². The zero-order valence-electron chi connectivity index (χ0n) is 14.0. The molecule has 4 heteroatoms. The van der Waals surface area contributed by atoms with Gasteiger partial charge in [0.15, 0.2) is 11.6 Å². The molecule has 0 fully saturated rings. The van der Waals surface area contributed by atoms with Gasteiger partial charge >= 0.3 is 0 Å². The van der Waals surface area contributed by atoms with E-state index in [1.807, 2.05) is 43.1 Å². The number of hydrogen-bond acceptors (Lipinski definition) is 3. The standard InChI is InChI=1S/C19H24FNO2/c1-5-7-19(18(20)6-2)23-14-17-10-8-16(9-11-17)12-21(4)15(3)13-22/h5-11,13,15H,1,12,14H2,2-4H3/b18-6+,19-7+. The Balaban J connectivity index is 2.65. The zero-order chi connectivity index (χ0) is 17.2. The molecule has 0 aliphatic carbocycles. The Hall–Kier alpha value is -2.20. The van der Waals surface area contributed by atoms with E-state index in [1.54, 1.807) is 6.92 Å². The molecule has 124 valence electrons. The van der Waals surface area contributed by atoms with Crippen LogP contribution in [0.3, 0.4) is 0 Å².